The quantitative estimate of drug-likeness (QED) is 0.848. The first-order valence-electron chi connectivity index (χ1n) is 6.54. The smallest absolute Gasteiger partial charge is 0.183 e. The number of nitrogens with one attached hydrogen (secondary N) is 1. The predicted molar refractivity (Wildman–Crippen MR) is 69.2 cm³/mol. The van der Waals surface area contributed by atoms with Crippen LogP contribution < -0.4 is 5.32 Å². The first-order chi connectivity index (χ1) is 7.81. The van der Waals surface area contributed by atoms with E-state index in [9.17, 15) is 0 Å². The highest BCUT2D eigenvalue weighted by Gasteiger charge is 2.38. The highest BCUT2D eigenvalue weighted by Crippen LogP contribution is 2.49. The second kappa shape index (κ2) is 4.02. The van der Waals surface area contributed by atoms with Crippen LogP contribution in [0.1, 0.15) is 49.6 Å². The topological polar surface area (TPSA) is 24.9 Å². The average molecular weight is 236 g/mol. The lowest BCUT2D eigenvalue weighted by Crippen LogP contribution is -2.24. The van der Waals surface area contributed by atoms with Crippen LogP contribution >= 0.6 is 11.3 Å². The van der Waals surface area contributed by atoms with Gasteiger partial charge in [0.25, 0.3) is 0 Å². The van der Waals surface area contributed by atoms with Crippen molar-refractivity contribution in [2.24, 2.45) is 5.41 Å². The van der Waals surface area contributed by atoms with Gasteiger partial charge in [0, 0.05) is 11.4 Å². The summed E-state index contributed by atoms with van der Waals surface area (Å²) in [5.74, 6) is 0. The Bertz CT molecular complexity index is 377. The SMILES string of the molecule is CCNc1nc2c(s1)CC1(CCCC1)CC2. The first kappa shape index (κ1) is 10.6. The summed E-state index contributed by atoms with van der Waals surface area (Å²) in [6, 6.07) is 0. The van der Waals surface area contributed by atoms with Crippen LogP contribution in [0.25, 0.3) is 0 Å². The summed E-state index contributed by atoms with van der Waals surface area (Å²) in [4.78, 5) is 6.28. The lowest BCUT2D eigenvalue weighted by Gasteiger charge is -2.32. The van der Waals surface area contributed by atoms with E-state index in [1.807, 2.05) is 11.3 Å². The zero-order valence-electron chi connectivity index (χ0n) is 10.0. The van der Waals surface area contributed by atoms with Crippen molar-refractivity contribution in [3.8, 4) is 0 Å². The number of fused-ring (bicyclic) bond motifs is 1. The van der Waals surface area contributed by atoms with E-state index in [1.165, 1.54) is 50.6 Å². The molecule has 2 aliphatic carbocycles. The zero-order valence-corrected chi connectivity index (χ0v) is 10.8. The molecule has 0 radical (unpaired) electrons. The van der Waals surface area contributed by atoms with Gasteiger partial charge >= 0.3 is 0 Å². The molecule has 0 amide bonds. The van der Waals surface area contributed by atoms with E-state index in [0.29, 0.717) is 5.41 Å². The van der Waals surface area contributed by atoms with Crippen molar-refractivity contribution in [2.75, 3.05) is 11.9 Å². The Hall–Kier alpha value is -0.570. The second-order valence-electron chi connectivity index (χ2n) is 5.30. The number of anilines is 1. The van der Waals surface area contributed by atoms with Crippen LogP contribution in [0, 0.1) is 5.41 Å². The number of aryl methyl sites for hydroxylation is 1. The van der Waals surface area contributed by atoms with Gasteiger partial charge in [0.1, 0.15) is 0 Å². The Morgan fingerprint density at radius 2 is 2.12 bits per heavy atom. The highest BCUT2D eigenvalue weighted by molar-refractivity contribution is 7.15. The van der Waals surface area contributed by atoms with Crippen molar-refractivity contribution >= 4 is 16.5 Å². The molecule has 1 saturated carbocycles. The third-order valence-electron chi connectivity index (χ3n) is 4.20. The molecule has 1 aromatic heterocycles. The van der Waals surface area contributed by atoms with Crippen molar-refractivity contribution < 1.29 is 0 Å². The molecule has 1 heterocycles. The second-order valence-corrected chi connectivity index (χ2v) is 6.39. The summed E-state index contributed by atoms with van der Waals surface area (Å²) in [7, 11) is 0. The van der Waals surface area contributed by atoms with E-state index >= 15 is 0 Å². The number of rotatable bonds is 2. The van der Waals surface area contributed by atoms with Crippen molar-refractivity contribution in [2.45, 2.75) is 51.9 Å². The molecule has 3 rings (SSSR count). The maximum atomic E-state index is 4.70. The fraction of sp³-hybridized carbons (Fsp3) is 0.769. The lowest BCUT2D eigenvalue weighted by atomic mass is 9.74. The minimum atomic E-state index is 0.670. The van der Waals surface area contributed by atoms with Gasteiger partial charge < -0.3 is 5.32 Å². The summed E-state index contributed by atoms with van der Waals surface area (Å²) in [6.45, 7) is 3.12. The number of hydrogen-bond acceptors (Lipinski definition) is 3. The Morgan fingerprint density at radius 1 is 1.31 bits per heavy atom. The van der Waals surface area contributed by atoms with Crippen LogP contribution in [0.2, 0.25) is 0 Å². The fourth-order valence-electron chi connectivity index (χ4n) is 3.31. The maximum Gasteiger partial charge on any atom is 0.183 e. The van der Waals surface area contributed by atoms with Crippen molar-refractivity contribution in [3.05, 3.63) is 10.6 Å². The van der Waals surface area contributed by atoms with Crippen LogP contribution in [-0.4, -0.2) is 11.5 Å². The monoisotopic (exact) mass is 236 g/mol. The van der Waals surface area contributed by atoms with Crippen molar-refractivity contribution in [3.63, 3.8) is 0 Å². The van der Waals surface area contributed by atoms with Crippen molar-refractivity contribution in [1.29, 1.82) is 0 Å². The van der Waals surface area contributed by atoms with E-state index in [1.54, 1.807) is 4.88 Å². The molecule has 88 valence electrons. The zero-order chi connectivity index (χ0) is 11.0. The molecular formula is C13H20N2S. The van der Waals surface area contributed by atoms with Crippen LogP contribution in [0.4, 0.5) is 5.13 Å². The molecule has 0 aromatic carbocycles. The molecule has 0 atom stereocenters. The highest BCUT2D eigenvalue weighted by atomic mass is 32.1. The third kappa shape index (κ3) is 1.75. The summed E-state index contributed by atoms with van der Waals surface area (Å²) in [5, 5.41) is 4.49. The van der Waals surface area contributed by atoms with Crippen LogP contribution in [0.5, 0.6) is 0 Å². The lowest BCUT2D eigenvalue weighted by molar-refractivity contribution is 0.256. The molecule has 1 spiro atoms. The minimum Gasteiger partial charge on any atom is -0.362 e. The Balaban J connectivity index is 1.82. The average Bonchev–Trinajstić information content (AvgIpc) is 2.86. The standard InChI is InChI=1S/C13H20N2S/c1-2-14-12-15-10-5-8-13(6-3-4-7-13)9-11(10)16-12/h2-9H2,1H3,(H,14,15). The van der Waals surface area contributed by atoms with E-state index in [4.69, 9.17) is 4.98 Å². The Labute approximate surface area is 101 Å². The van der Waals surface area contributed by atoms with Crippen molar-refractivity contribution in [1.82, 2.24) is 4.98 Å². The Kier molecular flexibility index (Phi) is 2.66. The normalized spacial score (nSPS) is 22.3. The van der Waals surface area contributed by atoms with E-state index in [2.05, 4.69) is 12.2 Å². The minimum absolute atomic E-state index is 0.670. The summed E-state index contributed by atoms with van der Waals surface area (Å²) < 4.78 is 0. The van der Waals surface area contributed by atoms with Gasteiger partial charge in [-0.25, -0.2) is 4.98 Å². The number of aromatic nitrogens is 1. The van der Waals surface area contributed by atoms with Gasteiger partial charge in [0.05, 0.1) is 5.69 Å². The molecule has 1 N–H and O–H groups in total. The van der Waals surface area contributed by atoms with Gasteiger partial charge in [0.15, 0.2) is 5.13 Å². The van der Waals surface area contributed by atoms with Gasteiger partial charge in [-0.05, 0) is 44.4 Å². The van der Waals surface area contributed by atoms with Gasteiger partial charge in [-0.1, -0.05) is 12.8 Å². The van der Waals surface area contributed by atoms with Gasteiger partial charge in [-0.2, -0.15) is 0 Å². The molecule has 0 bridgehead atoms. The summed E-state index contributed by atoms with van der Waals surface area (Å²) in [6.07, 6.45) is 9.74. The molecule has 2 aliphatic rings. The van der Waals surface area contributed by atoms with Gasteiger partial charge in [0.2, 0.25) is 0 Å². The Morgan fingerprint density at radius 3 is 2.88 bits per heavy atom. The van der Waals surface area contributed by atoms with Crippen LogP contribution in [-0.2, 0) is 12.8 Å². The molecule has 1 aromatic rings. The molecule has 1 fully saturated rings. The number of nitrogens with zero attached hydrogens (tertiary/aromatic N) is 1. The molecule has 2 nitrogen and oxygen atoms in total. The molecular weight excluding hydrogens is 216 g/mol. The fourth-order valence-corrected chi connectivity index (χ4v) is 4.56. The molecule has 16 heavy (non-hydrogen) atoms. The van der Waals surface area contributed by atoms with E-state index in [0.717, 1.165) is 11.7 Å². The van der Waals surface area contributed by atoms with Gasteiger partial charge in [-0.15, -0.1) is 11.3 Å². The predicted octanol–water partition coefficient (Wildman–Crippen LogP) is 3.62. The number of hydrogen-bond donors (Lipinski definition) is 1. The molecule has 0 aliphatic heterocycles. The van der Waals surface area contributed by atoms with Crippen LogP contribution in [0.15, 0.2) is 0 Å². The van der Waals surface area contributed by atoms with E-state index in [-0.39, 0.29) is 0 Å². The largest absolute Gasteiger partial charge is 0.362 e. The number of thiazole rings is 1. The molecule has 0 saturated heterocycles. The summed E-state index contributed by atoms with van der Waals surface area (Å²) >= 11 is 1.90. The van der Waals surface area contributed by atoms with Crippen LogP contribution in [0.3, 0.4) is 0 Å². The molecule has 3 heteroatoms. The van der Waals surface area contributed by atoms with E-state index < -0.39 is 0 Å². The molecule has 0 unspecified atom stereocenters. The maximum absolute atomic E-state index is 4.70. The third-order valence-corrected chi connectivity index (χ3v) is 5.25. The summed E-state index contributed by atoms with van der Waals surface area (Å²) in [5.41, 5.74) is 2.06. The first-order valence-corrected chi connectivity index (χ1v) is 7.35. The van der Waals surface area contributed by atoms with Gasteiger partial charge in [-0.3, -0.25) is 0 Å².